The first-order valence-electron chi connectivity index (χ1n) is 13.6. The molecule has 2 aliphatic heterocycles. The monoisotopic (exact) mass is 576 g/mol. The molecule has 10 nitrogen and oxygen atoms in total. The predicted octanol–water partition coefficient (Wildman–Crippen LogP) is 2.93. The lowest BCUT2D eigenvalue weighted by atomic mass is 9.89. The number of nitrogens with zero attached hydrogens (tertiary/aromatic N) is 2. The van der Waals surface area contributed by atoms with Crippen molar-refractivity contribution in [3.8, 4) is 5.69 Å². The first-order valence-corrected chi connectivity index (χ1v) is 15.2. The average Bonchev–Trinajstić information content (AvgIpc) is 3.37. The van der Waals surface area contributed by atoms with Gasteiger partial charge in [0.25, 0.3) is 5.91 Å². The number of nitrogens with one attached hydrogen (secondary N) is 1. The van der Waals surface area contributed by atoms with E-state index in [1.807, 2.05) is 13.8 Å². The van der Waals surface area contributed by atoms with Crippen LogP contribution in [0.2, 0.25) is 0 Å². The van der Waals surface area contributed by atoms with E-state index in [1.165, 1.54) is 6.07 Å². The molecule has 0 bridgehead atoms. The van der Waals surface area contributed by atoms with Gasteiger partial charge in [0.2, 0.25) is 0 Å². The summed E-state index contributed by atoms with van der Waals surface area (Å²) in [7, 11) is 0.0334. The van der Waals surface area contributed by atoms with Gasteiger partial charge >= 0.3 is 5.97 Å². The number of carbonyl (C=O) groups excluding carboxylic acids is 2. The van der Waals surface area contributed by atoms with Gasteiger partial charge in [-0.2, -0.15) is 0 Å². The molecule has 1 aromatic carbocycles. The Morgan fingerprint density at radius 3 is 2.52 bits per heavy atom. The molecule has 1 aromatic heterocycles. The van der Waals surface area contributed by atoms with Gasteiger partial charge in [-0.05, 0) is 63.7 Å². The van der Waals surface area contributed by atoms with Crippen LogP contribution in [0.4, 0.5) is 10.1 Å². The molecule has 40 heavy (non-hydrogen) atoms. The first kappa shape index (κ1) is 28.6. The highest BCUT2D eigenvalue weighted by Gasteiger charge is 2.43. The number of nitrogens with two attached hydrogens (primary N) is 1. The van der Waals surface area contributed by atoms with Crippen LogP contribution in [0, 0.1) is 11.2 Å². The highest BCUT2D eigenvalue weighted by atomic mass is 32.2. The van der Waals surface area contributed by atoms with Crippen molar-refractivity contribution < 1.29 is 31.9 Å². The molecule has 0 radical (unpaired) electrons. The quantitative estimate of drug-likeness (QED) is 0.481. The van der Waals surface area contributed by atoms with Crippen molar-refractivity contribution in [3.63, 3.8) is 0 Å². The SMILES string of the molecule is CN(C)CC(=O)O[C@H]1CC[C@H](Nc2cc(-n3c4c(c5c3CC(C)(C)CS5(=O)=O)COC4)cc(F)c2C(N)=O)CC1. The molecule has 1 amide bonds. The largest absolute Gasteiger partial charge is 0.461 e. The number of anilines is 1. The smallest absolute Gasteiger partial charge is 0.320 e. The minimum Gasteiger partial charge on any atom is -0.461 e. The Balaban J connectivity index is 1.47. The summed E-state index contributed by atoms with van der Waals surface area (Å²) >= 11 is 0. The normalized spacial score (nSPS) is 22.9. The number of likely N-dealkylation sites (N-methyl/N-ethyl adjacent to an activating group) is 1. The van der Waals surface area contributed by atoms with Gasteiger partial charge in [-0.25, -0.2) is 12.8 Å². The Morgan fingerprint density at radius 2 is 1.88 bits per heavy atom. The lowest BCUT2D eigenvalue weighted by Gasteiger charge is -2.31. The van der Waals surface area contributed by atoms with Crippen molar-refractivity contribution in [1.29, 1.82) is 0 Å². The predicted molar refractivity (Wildman–Crippen MR) is 147 cm³/mol. The molecule has 1 aliphatic carbocycles. The number of hydrogen-bond acceptors (Lipinski definition) is 8. The second-order valence-corrected chi connectivity index (χ2v) is 14.1. The molecule has 3 heterocycles. The van der Waals surface area contributed by atoms with Crippen LogP contribution >= 0.6 is 0 Å². The lowest BCUT2D eigenvalue weighted by Crippen LogP contribution is -2.34. The molecule has 0 atom stereocenters. The van der Waals surface area contributed by atoms with Gasteiger partial charge in [0.15, 0.2) is 9.84 Å². The topological polar surface area (TPSA) is 133 Å². The van der Waals surface area contributed by atoms with Crippen LogP contribution in [0.1, 0.15) is 66.8 Å². The summed E-state index contributed by atoms with van der Waals surface area (Å²) < 4.78 is 55.2. The summed E-state index contributed by atoms with van der Waals surface area (Å²) in [5.74, 6) is -1.93. The number of rotatable bonds is 7. The zero-order chi connectivity index (χ0) is 29.0. The minimum atomic E-state index is -3.57. The van der Waals surface area contributed by atoms with Gasteiger partial charge in [0.05, 0.1) is 53.0 Å². The van der Waals surface area contributed by atoms with E-state index < -0.39 is 27.0 Å². The van der Waals surface area contributed by atoms with Gasteiger partial charge in [0, 0.05) is 17.3 Å². The summed E-state index contributed by atoms with van der Waals surface area (Å²) in [4.78, 5) is 26.4. The third-order valence-corrected chi connectivity index (χ3v) is 10.1. The van der Waals surface area contributed by atoms with E-state index in [-0.39, 0.29) is 59.8 Å². The summed E-state index contributed by atoms with van der Waals surface area (Å²) in [5, 5.41) is 3.31. The van der Waals surface area contributed by atoms with Crippen molar-refractivity contribution >= 4 is 27.4 Å². The summed E-state index contributed by atoms with van der Waals surface area (Å²) in [6, 6.07) is 2.81. The van der Waals surface area contributed by atoms with E-state index >= 15 is 4.39 Å². The fourth-order valence-corrected chi connectivity index (χ4v) is 8.65. The summed E-state index contributed by atoms with van der Waals surface area (Å²) in [5.41, 5.74) is 7.43. The van der Waals surface area contributed by atoms with E-state index in [4.69, 9.17) is 15.2 Å². The van der Waals surface area contributed by atoms with Crippen molar-refractivity contribution in [1.82, 2.24) is 9.47 Å². The van der Waals surface area contributed by atoms with Gasteiger partial charge < -0.3 is 25.1 Å². The molecule has 1 saturated carbocycles. The Labute approximate surface area is 233 Å². The standard InChI is InChI=1S/C28H37FN4O6S/c1-28(2)11-22-26(40(36,37)15-28)19-13-38-14-23(19)33(22)17-9-20(29)25(27(30)35)21(10-17)31-16-5-7-18(8-6-16)39-24(34)12-32(3)4/h9-10,16,18,31H,5-8,11-15H2,1-4H3,(H2,30,35)/t16-,18-. The fourth-order valence-electron chi connectivity index (χ4n) is 6.30. The Morgan fingerprint density at radius 1 is 1.18 bits per heavy atom. The maximum Gasteiger partial charge on any atom is 0.320 e. The van der Waals surface area contributed by atoms with E-state index in [0.717, 1.165) is 0 Å². The zero-order valence-electron chi connectivity index (χ0n) is 23.4. The fraction of sp³-hybridized carbons (Fsp3) is 0.571. The average molecular weight is 577 g/mol. The zero-order valence-corrected chi connectivity index (χ0v) is 24.2. The number of amides is 1. The van der Waals surface area contributed by atoms with E-state index in [0.29, 0.717) is 54.7 Å². The lowest BCUT2D eigenvalue weighted by molar-refractivity contribution is -0.151. The van der Waals surface area contributed by atoms with Crippen LogP contribution in [-0.2, 0) is 43.7 Å². The second kappa shape index (κ2) is 10.5. The highest BCUT2D eigenvalue weighted by molar-refractivity contribution is 7.91. The van der Waals surface area contributed by atoms with Crippen LogP contribution in [0.3, 0.4) is 0 Å². The second-order valence-electron chi connectivity index (χ2n) is 12.2. The van der Waals surface area contributed by atoms with Crippen LogP contribution in [0.5, 0.6) is 0 Å². The van der Waals surface area contributed by atoms with Crippen molar-refractivity contribution in [3.05, 3.63) is 40.5 Å². The minimum absolute atomic E-state index is 0.0262. The van der Waals surface area contributed by atoms with Gasteiger partial charge in [-0.15, -0.1) is 0 Å². The number of primary amides is 1. The van der Waals surface area contributed by atoms with E-state index in [1.54, 1.807) is 29.6 Å². The Hall–Kier alpha value is -2.96. The molecule has 5 rings (SSSR count). The number of benzene rings is 1. The highest BCUT2D eigenvalue weighted by Crippen LogP contribution is 2.44. The molecule has 3 aliphatic rings. The van der Waals surface area contributed by atoms with Gasteiger partial charge in [-0.1, -0.05) is 13.8 Å². The molecule has 3 N–H and O–H groups in total. The number of ether oxygens (including phenoxy) is 2. The van der Waals surface area contributed by atoms with Crippen molar-refractivity contribution in [2.24, 2.45) is 11.1 Å². The molecular weight excluding hydrogens is 539 g/mol. The third-order valence-electron chi connectivity index (χ3n) is 7.80. The third kappa shape index (κ3) is 5.48. The number of fused-ring (bicyclic) bond motifs is 3. The molecule has 0 unspecified atom stereocenters. The summed E-state index contributed by atoms with van der Waals surface area (Å²) in [6.07, 6.45) is 2.87. The number of halogens is 1. The van der Waals surface area contributed by atoms with Gasteiger partial charge in [0.1, 0.15) is 11.9 Å². The molecule has 2 aromatic rings. The first-order chi connectivity index (χ1) is 18.8. The van der Waals surface area contributed by atoms with Crippen LogP contribution in [-0.4, -0.2) is 68.3 Å². The summed E-state index contributed by atoms with van der Waals surface area (Å²) in [6.45, 7) is 4.41. The van der Waals surface area contributed by atoms with Gasteiger partial charge in [-0.3, -0.25) is 14.5 Å². The molecule has 0 saturated heterocycles. The maximum atomic E-state index is 15.5. The molecule has 12 heteroatoms. The molecular formula is C28H37FN4O6S. The van der Waals surface area contributed by atoms with Crippen molar-refractivity contribution in [2.45, 2.75) is 76.2 Å². The van der Waals surface area contributed by atoms with E-state index in [9.17, 15) is 18.0 Å². The molecule has 218 valence electrons. The number of aromatic nitrogens is 1. The van der Waals surface area contributed by atoms with Crippen LogP contribution < -0.4 is 11.1 Å². The van der Waals surface area contributed by atoms with Crippen LogP contribution in [0.25, 0.3) is 5.69 Å². The Bertz CT molecular complexity index is 1460. The number of carbonyl (C=O) groups is 2. The van der Waals surface area contributed by atoms with Crippen molar-refractivity contribution in [2.75, 3.05) is 31.7 Å². The molecule has 1 fully saturated rings. The molecule has 0 spiro atoms. The number of sulfone groups is 1. The maximum absolute atomic E-state index is 15.5. The number of hydrogen-bond donors (Lipinski definition) is 2. The number of esters is 1. The van der Waals surface area contributed by atoms with Crippen LogP contribution in [0.15, 0.2) is 17.0 Å². The van der Waals surface area contributed by atoms with E-state index in [2.05, 4.69) is 5.32 Å². The Kier molecular flexibility index (Phi) is 7.47.